The average Bonchev–Trinajstić information content (AvgIpc) is 2.78. The Morgan fingerprint density at radius 3 is 2.53 bits per heavy atom. The molecule has 0 radical (unpaired) electrons. The summed E-state index contributed by atoms with van der Waals surface area (Å²) in [4.78, 5) is 36.8. The number of ketones is 1. The van der Waals surface area contributed by atoms with Gasteiger partial charge in [-0.25, -0.2) is 18.7 Å². The zero-order valence-electron chi connectivity index (χ0n) is 20.1. The number of hydrogen-bond acceptors (Lipinski definition) is 6. The molecule has 1 amide bonds. The molecule has 1 saturated carbocycles. The summed E-state index contributed by atoms with van der Waals surface area (Å²) in [6, 6.07) is 5.18. The molecule has 1 aromatic heterocycles. The molecule has 0 unspecified atom stereocenters. The van der Waals surface area contributed by atoms with E-state index in [2.05, 4.69) is 20.2 Å². The van der Waals surface area contributed by atoms with Crippen LogP contribution in [-0.2, 0) is 15.5 Å². The normalized spacial score (nSPS) is 21.8. The van der Waals surface area contributed by atoms with Crippen molar-refractivity contribution >= 4 is 28.4 Å². The second-order valence-electron chi connectivity index (χ2n) is 9.85. The standard InChI is InChI=1S/C25H33F2N5O2/c1-16(33)31(3)19-5-7-20(8-6-19)32-13-17(14-32)10-21(34)12-28-24-22-11-18(25(2,26)27)4-9-23(22)29-15-30-24/h4,9,11,15,17,19-20H,5-8,10,12-14H2,1-3H3,(H,28,29,30). The number of carbonyl (C=O) groups excluding carboxylic acids is 2. The molecule has 1 N–H and O–H groups in total. The third kappa shape index (κ3) is 5.51. The lowest BCUT2D eigenvalue weighted by molar-refractivity contribution is -0.130. The van der Waals surface area contributed by atoms with Crippen LogP contribution in [0.25, 0.3) is 10.9 Å². The number of likely N-dealkylation sites (tertiary alicyclic amines) is 1. The Hall–Kier alpha value is -2.68. The van der Waals surface area contributed by atoms with Crippen molar-refractivity contribution in [2.45, 2.75) is 64.0 Å². The number of carbonyl (C=O) groups is 2. The molecule has 1 aliphatic carbocycles. The first kappa shape index (κ1) is 24.4. The molecule has 0 spiro atoms. The number of anilines is 1. The van der Waals surface area contributed by atoms with Crippen molar-refractivity contribution in [1.29, 1.82) is 0 Å². The number of nitrogens with zero attached hydrogens (tertiary/aromatic N) is 4. The Balaban J connectivity index is 1.24. The Morgan fingerprint density at radius 2 is 1.88 bits per heavy atom. The van der Waals surface area contributed by atoms with Crippen molar-refractivity contribution < 1.29 is 18.4 Å². The largest absolute Gasteiger partial charge is 0.362 e. The van der Waals surface area contributed by atoms with Crippen molar-refractivity contribution in [1.82, 2.24) is 19.8 Å². The molecule has 9 heteroatoms. The Labute approximate surface area is 198 Å². The topological polar surface area (TPSA) is 78.4 Å². The van der Waals surface area contributed by atoms with E-state index in [0.29, 0.717) is 41.1 Å². The zero-order valence-corrected chi connectivity index (χ0v) is 20.1. The number of fused-ring (bicyclic) bond motifs is 1. The first-order valence-electron chi connectivity index (χ1n) is 12.0. The number of alkyl halides is 2. The van der Waals surface area contributed by atoms with Gasteiger partial charge >= 0.3 is 0 Å². The number of hydrogen-bond donors (Lipinski definition) is 1. The minimum Gasteiger partial charge on any atom is -0.362 e. The number of aromatic nitrogens is 2. The molecule has 2 aromatic rings. The van der Waals surface area contributed by atoms with Gasteiger partial charge in [0.1, 0.15) is 12.1 Å². The maximum atomic E-state index is 13.7. The van der Waals surface area contributed by atoms with E-state index in [1.807, 2.05) is 11.9 Å². The molecule has 7 nitrogen and oxygen atoms in total. The van der Waals surface area contributed by atoms with E-state index < -0.39 is 5.92 Å². The molecular formula is C25H33F2N5O2. The van der Waals surface area contributed by atoms with Crippen molar-refractivity contribution in [3.63, 3.8) is 0 Å². The molecule has 2 fully saturated rings. The van der Waals surface area contributed by atoms with Crippen LogP contribution in [-0.4, -0.2) is 70.2 Å². The highest BCUT2D eigenvalue weighted by molar-refractivity contribution is 5.91. The van der Waals surface area contributed by atoms with Crippen LogP contribution >= 0.6 is 0 Å². The van der Waals surface area contributed by atoms with Gasteiger partial charge in [-0.05, 0) is 43.7 Å². The fraction of sp³-hybridized carbons (Fsp3) is 0.600. The van der Waals surface area contributed by atoms with Crippen LogP contribution < -0.4 is 5.32 Å². The van der Waals surface area contributed by atoms with Gasteiger partial charge in [0.15, 0.2) is 5.78 Å². The van der Waals surface area contributed by atoms with Crippen LogP contribution in [0.3, 0.4) is 0 Å². The smallest absolute Gasteiger partial charge is 0.270 e. The van der Waals surface area contributed by atoms with E-state index in [-0.39, 0.29) is 23.8 Å². The Kier molecular flexibility index (Phi) is 7.12. The molecule has 4 rings (SSSR count). The molecule has 0 bridgehead atoms. The molecular weight excluding hydrogens is 440 g/mol. The van der Waals surface area contributed by atoms with Crippen LogP contribution in [0.4, 0.5) is 14.6 Å². The molecule has 2 heterocycles. The summed E-state index contributed by atoms with van der Waals surface area (Å²) in [5.41, 5.74) is 0.442. The molecule has 0 atom stereocenters. The van der Waals surface area contributed by atoms with Crippen LogP contribution in [0.1, 0.15) is 51.5 Å². The third-order valence-corrected chi connectivity index (χ3v) is 7.32. The van der Waals surface area contributed by atoms with Crippen LogP contribution in [0.5, 0.6) is 0 Å². The van der Waals surface area contributed by atoms with Crippen LogP contribution in [0.2, 0.25) is 0 Å². The fourth-order valence-corrected chi connectivity index (χ4v) is 5.15. The monoisotopic (exact) mass is 473 g/mol. The van der Waals surface area contributed by atoms with Crippen molar-refractivity contribution in [2.24, 2.45) is 5.92 Å². The van der Waals surface area contributed by atoms with Gasteiger partial charge in [-0.1, -0.05) is 6.07 Å². The summed E-state index contributed by atoms with van der Waals surface area (Å²) >= 11 is 0. The minimum atomic E-state index is -2.96. The summed E-state index contributed by atoms with van der Waals surface area (Å²) in [5.74, 6) is -2.01. The van der Waals surface area contributed by atoms with Gasteiger partial charge in [-0.2, -0.15) is 0 Å². The van der Waals surface area contributed by atoms with Gasteiger partial charge in [0.05, 0.1) is 12.1 Å². The first-order chi connectivity index (χ1) is 16.1. The lowest BCUT2D eigenvalue weighted by Crippen LogP contribution is -2.54. The van der Waals surface area contributed by atoms with Gasteiger partial charge in [-0.3, -0.25) is 14.5 Å². The Bertz CT molecular complexity index is 1040. The van der Waals surface area contributed by atoms with Crippen LogP contribution in [0, 0.1) is 5.92 Å². The molecule has 184 valence electrons. The van der Waals surface area contributed by atoms with Gasteiger partial charge in [0.2, 0.25) is 5.91 Å². The highest BCUT2D eigenvalue weighted by Crippen LogP contribution is 2.32. The summed E-state index contributed by atoms with van der Waals surface area (Å²) in [6.07, 6.45) is 6.10. The number of amides is 1. The van der Waals surface area contributed by atoms with Crippen molar-refractivity contribution in [3.05, 3.63) is 30.1 Å². The predicted molar refractivity (Wildman–Crippen MR) is 127 cm³/mol. The second-order valence-corrected chi connectivity index (χ2v) is 9.85. The maximum absolute atomic E-state index is 13.7. The predicted octanol–water partition coefficient (Wildman–Crippen LogP) is 3.83. The van der Waals surface area contributed by atoms with E-state index >= 15 is 0 Å². The lowest BCUT2D eigenvalue weighted by atomic mass is 9.85. The first-order valence-corrected chi connectivity index (χ1v) is 12.0. The number of halogens is 2. The molecule has 1 aromatic carbocycles. The van der Waals surface area contributed by atoms with E-state index in [1.54, 1.807) is 13.0 Å². The summed E-state index contributed by atoms with van der Waals surface area (Å²) in [5, 5.41) is 3.51. The molecule has 1 saturated heterocycles. The van der Waals surface area contributed by atoms with Crippen molar-refractivity contribution in [2.75, 3.05) is 32.0 Å². The van der Waals surface area contributed by atoms with Gasteiger partial charge < -0.3 is 10.2 Å². The Morgan fingerprint density at radius 1 is 1.18 bits per heavy atom. The SMILES string of the molecule is CC(=O)N(C)C1CCC(N2CC(CC(=O)CNc3ncnc4ccc(C(C)(F)F)cc34)C2)CC1. The summed E-state index contributed by atoms with van der Waals surface area (Å²) in [7, 11) is 1.88. The number of rotatable bonds is 8. The van der Waals surface area contributed by atoms with E-state index in [1.165, 1.54) is 18.5 Å². The van der Waals surface area contributed by atoms with E-state index in [4.69, 9.17) is 0 Å². The van der Waals surface area contributed by atoms with Gasteiger partial charge in [-0.15, -0.1) is 0 Å². The van der Waals surface area contributed by atoms with Gasteiger partial charge in [0, 0.05) is 63.4 Å². The zero-order chi connectivity index (χ0) is 24.5. The lowest BCUT2D eigenvalue weighted by Gasteiger charge is -2.47. The maximum Gasteiger partial charge on any atom is 0.270 e. The minimum absolute atomic E-state index is 0.0835. The molecule has 1 aliphatic heterocycles. The number of nitrogens with one attached hydrogen (secondary N) is 1. The van der Waals surface area contributed by atoms with E-state index in [0.717, 1.165) is 45.7 Å². The number of benzene rings is 1. The van der Waals surface area contributed by atoms with E-state index in [9.17, 15) is 18.4 Å². The highest BCUT2D eigenvalue weighted by atomic mass is 19.3. The molecule has 34 heavy (non-hydrogen) atoms. The quantitative estimate of drug-likeness (QED) is 0.628. The number of Topliss-reactive ketones (excluding diaryl/α,β-unsaturated/α-hetero) is 1. The summed E-state index contributed by atoms with van der Waals surface area (Å²) < 4.78 is 27.5. The van der Waals surface area contributed by atoms with Gasteiger partial charge in [0.25, 0.3) is 5.92 Å². The third-order valence-electron chi connectivity index (χ3n) is 7.32. The fourth-order valence-electron chi connectivity index (χ4n) is 5.15. The van der Waals surface area contributed by atoms with Crippen molar-refractivity contribution in [3.8, 4) is 0 Å². The summed E-state index contributed by atoms with van der Waals surface area (Å²) in [6.45, 7) is 4.43. The second kappa shape index (κ2) is 9.90. The average molecular weight is 474 g/mol. The molecule has 2 aliphatic rings. The highest BCUT2D eigenvalue weighted by Gasteiger charge is 2.36. The van der Waals surface area contributed by atoms with Crippen LogP contribution in [0.15, 0.2) is 24.5 Å².